The number of piperidine rings is 3. The zero-order valence-corrected chi connectivity index (χ0v) is 14.1. The fourth-order valence-electron chi connectivity index (χ4n) is 3.37. The van der Waals surface area contributed by atoms with Crippen molar-refractivity contribution in [2.45, 2.75) is 36.1 Å². The Labute approximate surface area is 133 Å². The van der Waals surface area contributed by atoms with Gasteiger partial charge in [-0.1, -0.05) is 11.6 Å². The van der Waals surface area contributed by atoms with Crippen LogP contribution in [-0.2, 0) is 0 Å². The molecule has 1 aromatic rings. The van der Waals surface area contributed by atoms with Crippen molar-refractivity contribution >= 4 is 40.6 Å². The van der Waals surface area contributed by atoms with Crippen LogP contribution in [0.4, 0.5) is 0 Å². The maximum atomic E-state index is 12.4. The average Bonchev–Trinajstić information content (AvgIpc) is 2.84. The molecule has 1 N–H and O–H groups in total. The first-order valence-corrected chi connectivity index (χ1v) is 9.40. The van der Waals surface area contributed by atoms with E-state index in [9.17, 15) is 4.79 Å². The van der Waals surface area contributed by atoms with Gasteiger partial charge in [-0.2, -0.15) is 0 Å². The zero-order valence-electron chi connectivity index (χ0n) is 11.7. The average molecular weight is 331 g/mol. The maximum absolute atomic E-state index is 12.4. The minimum absolute atomic E-state index is 0.0304. The predicted octanol–water partition coefficient (Wildman–Crippen LogP) is 3.34. The quantitative estimate of drug-likeness (QED) is 0.863. The predicted molar refractivity (Wildman–Crippen MR) is 86.1 cm³/mol. The molecular formula is C14H19ClN2OS2. The zero-order chi connectivity index (χ0) is 14.3. The number of hydrogen-bond donors (Lipinski definition) is 1. The van der Waals surface area contributed by atoms with E-state index < -0.39 is 0 Å². The van der Waals surface area contributed by atoms with Gasteiger partial charge in [-0.05, 0) is 51.1 Å². The fourth-order valence-corrected chi connectivity index (χ4v) is 5.43. The molecule has 0 unspecified atom stereocenters. The molecule has 4 rings (SSSR count). The van der Waals surface area contributed by atoms with Gasteiger partial charge in [0, 0.05) is 12.1 Å². The van der Waals surface area contributed by atoms with Crippen molar-refractivity contribution in [1.29, 1.82) is 0 Å². The summed E-state index contributed by atoms with van der Waals surface area (Å²) < 4.78 is 1.01. The molecule has 3 aliphatic heterocycles. The van der Waals surface area contributed by atoms with Gasteiger partial charge in [0.2, 0.25) is 0 Å². The SMILES string of the molecule is CSc1sc(C(=O)N[C@@H]2C3CCN(CC3)[C@H]2C)cc1Cl. The molecule has 0 aliphatic carbocycles. The number of nitrogens with zero attached hydrogens (tertiary/aromatic N) is 1. The molecule has 20 heavy (non-hydrogen) atoms. The monoisotopic (exact) mass is 330 g/mol. The van der Waals surface area contributed by atoms with Crippen molar-refractivity contribution in [2.75, 3.05) is 19.3 Å². The first-order valence-electron chi connectivity index (χ1n) is 6.98. The Morgan fingerprint density at radius 2 is 2.20 bits per heavy atom. The highest BCUT2D eigenvalue weighted by molar-refractivity contribution is 8.00. The lowest BCUT2D eigenvalue weighted by atomic mass is 9.79. The fraction of sp³-hybridized carbons (Fsp3) is 0.643. The molecule has 2 atom stereocenters. The summed E-state index contributed by atoms with van der Waals surface area (Å²) >= 11 is 9.20. The summed E-state index contributed by atoms with van der Waals surface area (Å²) in [6, 6.07) is 2.52. The van der Waals surface area contributed by atoms with Crippen molar-refractivity contribution in [3.05, 3.63) is 16.0 Å². The largest absolute Gasteiger partial charge is 0.347 e. The number of amides is 1. The van der Waals surface area contributed by atoms with Crippen molar-refractivity contribution in [1.82, 2.24) is 10.2 Å². The smallest absolute Gasteiger partial charge is 0.261 e. The molecule has 0 spiro atoms. The van der Waals surface area contributed by atoms with Crippen molar-refractivity contribution in [3.8, 4) is 0 Å². The third-order valence-electron chi connectivity index (χ3n) is 4.54. The number of fused-ring (bicyclic) bond motifs is 3. The third-order valence-corrected chi connectivity index (χ3v) is 7.33. The second kappa shape index (κ2) is 5.87. The van der Waals surface area contributed by atoms with E-state index in [1.54, 1.807) is 17.8 Å². The van der Waals surface area contributed by atoms with Crippen LogP contribution in [0.2, 0.25) is 5.02 Å². The Kier molecular flexibility index (Phi) is 4.32. The first-order chi connectivity index (χ1) is 9.60. The van der Waals surface area contributed by atoms with Gasteiger partial charge in [-0.15, -0.1) is 23.1 Å². The molecule has 3 nitrogen and oxygen atoms in total. The van der Waals surface area contributed by atoms with E-state index in [1.165, 1.54) is 37.3 Å². The molecule has 0 saturated carbocycles. The summed E-state index contributed by atoms with van der Waals surface area (Å²) in [5, 5.41) is 3.93. The lowest BCUT2D eigenvalue weighted by Gasteiger charge is -2.49. The van der Waals surface area contributed by atoms with E-state index >= 15 is 0 Å². The Morgan fingerprint density at radius 1 is 1.50 bits per heavy atom. The number of thiophene rings is 1. The third kappa shape index (κ3) is 2.61. The number of thioether (sulfide) groups is 1. The minimum atomic E-state index is 0.0304. The van der Waals surface area contributed by atoms with Gasteiger partial charge in [0.25, 0.3) is 5.91 Å². The Bertz CT molecular complexity index is 509. The Morgan fingerprint density at radius 3 is 2.75 bits per heavy atom. The van der Waals surface area contributed by atoms with Crippen LogP contribution in [0.5, 0.6) is 0 Å². The van der Waals surface area contributed by atoms with Crippen LogP contribution in [0.1, 0.15) is 29.4 Å². The molecule has 0 aromatic carbocycles. The van der Waals surface area contributed by atoms with Crippen LogP contribution in [0.25, 0.3) is 0 Å². The van der Waals surface area contributed by atoms with Gasteiger partial charge >= 0.3 is 0 Å². The van der Waals surface area contributed by atoms with Crippen LogP contribution in [0, 0.1) is 5.92 Å². The summed E-state index contributed by atoms with van der Waals surface area (Å²) in [7, 11) is 0. The second-order valence-corrected chi connectivity index (χ2v) is 8.10. The summed E-state index contributed by atoms with van der Waals surface area (Å²) in [6.45, 7) is 4.59. The molecule has 3 fully saturated rings. The second-order valence-electron chi connectivity index (χ2n) is 5.56. The number of nitrogens with one attached hydrogen (secondary N) is 1. The van der Waals surface area contributed by atoms with Gasteiger partial charge in [-0.25, -0.2) is 0 Å². The number of rotatable bonds is 3. The van der Waals surface area contributed by atoms with Gasteiger partial charge < -0.3 is 5.32 Å². The van der Waals surface area contributed by atoms with Crippen molar-refractivity contribution < 1.29 is 4.79 Å². The van der Waals surface area contributed by atoms with Gasteiger partial charge in [0.05, 0.1) is 14.1 Å². The molecule has 1 aromatic heterocycles. The Hall–Kier alpha value is -0.230. The maximum Gasteiger partial charge on any atom is 0.261 e. The summed E-state index contributed by atoms with van der Waals surface area (Å²) in [4.78, 5) is 15.6. The lowest BCUT2D eigenvalue weighted by Crippen LogP contribution is -2.62. The highest BCUT2D eigenvalue weighted by atomic mass is 35.5. The van der Waals surface area contributed by atoms with E-state index in [2.05, 4.69) is 17.1 Å². The molecule has 4 heterocycles. The topological polar surface area (TPSA) is 32.3 Å². The first kappa shape index (κ1) is 14.7. The van der Waals surface area contributed by atoms with Gasteiger partial charge in [0.1, 0.15) is 0 Å². The molecule has 0 radical (unpaired) electrons. The summed E-state index contributed by atoms with van der Waals surface area (Å²) in [5.41, 5.74) is 0. The number of carbonyl (C=O) groups excluding carboxylic acids is 1. The van der Waals surface area contributed by atoms with Crippen LogP contribution in [0.3, 0.4) is 0 Å². The molecule has 1 amide bonds. The highest BCUT2D eigenvalue weighted by Crippen LogP contribution is 2.35. The van der Waals surface area contributed by atoms with E-state index in [0.717, 1.165) is 9.09 Å². The molecular weight excluding hydrogens is 312 g/mol. The summed E-state index contributed by atoms with van der Waals surface area (Å²) in [6.07, 6.45) is 4.39. The number of halogens is 1. The summed E-state index contributed by atoms with van der Waals surface area (Å²) in [5.74, 6) is 0.664. The Balaban J connectivity index is 1.72. The number of carbonyl (C=O) groups is 1. The molecule has 6 heteroatoms. The standard InChI is InChI=1S/C14H19ClN2OS2/c1-8-12(9-3-5-17(8)6-4-9)16-13(18)11-7-10(15)14(19-2)20-11/h7-9,12H,3-6H2,1-2H3,(H,16,18)/t8-,12-/m0/s1. The minimum Gasteiger partial charge on any atom is -0.347 e. The normalized spacial score (nSPS) is 32.4. The van der Waals surface area contributed by atoms with Crippen molar-refractivity contribution in [2.24, 2.45) is 5.92 Å². The van der Waals surface area contributed by atoms with Crippen LogP contribution in [-0.4, -0.2) is 42.2 Å². The highest BCUT2D eigenvalue weighted by Gasteiger charge is 2.40. The molecule has 2 bridgehead atoms. The van der Waals surface area contributed by atoms with Crippen LogP contribution in [0.15, 0.2) is 10.3 Å². The number of hydrogen-bond acceptors (Lipinski definition) is 4. The van der Waals surface area contributed by atoms with E-state index in [4.69, 9.17) is 11.6 Å². The van der Waals surface area contributed by atoms with E-state index in [1.807, 2.05) is 6.26 Å². The van der Waals surface area contributed by atoms with Gasteiger partial charge in [-0.3, -0.25) is 9.69 Å². The van der Waals surface area contributed by atoms with Crippen molar-refractivity contribution in [3.63, 3.8) is 0 Å². The molecule has 3 saturated heterocycles. The lowest BCUT2D eigenvalue weighted by molar-refractivity contribution is 0.0218. The van der Waals surface area contributed by atoms with Crippen LogP contribution < -0.4 is 5.32 Å². The van der Waals surface area contributed by atoms with Crippen LogP contribution >= 0.6 is 34.7 Å². The van der Waals surface area contributed by atoms with E-state index in [-0.39, 0.29) is 11.9 Å². The molecule has 3 aliphatic rings. The van der Waals surface area contributed by atoms with Gasteiger partial charge in [0.15, 0.2) is 0 Å². The van der Waals surface area contributed by atoms with E-state index in [0.29, 0.717) is 17.0 Å². The molecule has 110 valence electrons.